The Bertz CT molecular complexity index is 1070. The Kier molecular flexibility index (Phi) is 8.37. The van der Waals surface area contributed by atoms with Gasteiger partial charge in [0.1, 0.15) is 5.75 Å². The third kappa shape index (κ3) is 5.92. The van der Waals surface area contributed by atoms with Gasteiger partial charge < -0.3 is 14.6 Å². The molecule has 0 bridgehead atoms. The number of halogens is 1. The van der Waals surface area contributed by atoms with Crippen LogP contribution in [0.1, 0.15) is 64.1 Å². The maximum absolute atomic E-state index is 12.5. The van der Waals surface area contributed by atoms with Crippen molar-refractivity contribution in [2.75, 3.05) is 11.1 Å². The van der Waals surface area contributed by atoms with E-state index in [1.165, 1.54) is 11.8 Å². The minimum atomic E-state index is -0.284. The Hall–Kier alpha value is -2.32. The topological polar surface area (TPSA) is 69.0 Å². The van der Waals surface area contributed by atoms with Gasteiger partial charge in [0.25, 0.3) is 0 Å². The van der Waals surface area contributed by atoms with Crippen molar-refractivity contribution < 1.29 is 9.53 Å². The van der Waals surface area contributed by atoms with Crippen LogP contribution >= 0.6 is 27.7 Å². The highest BCUT2D eigenvalue weighted by Crippen LogP contribution is 2.32. The average Bonchev–Trinajstić information content (AvgIpc) is 3.19. The minimum Gasteiger partial charge on any atom is -0.482 e. The van der Waals surface area contributed by atoms with Gasteiger partial charge in [-0.05, 0) is 66.4 Å². The summed E-state index contributed by atoms with van der Waals surface area (Å²) in [5, 5.41) is 12.4. The molecule has 8 heteroatoms. The largest absolute Gasteiger partial charge is 0.482 e. The number of rotatable bonds is 9. The summed E-state index contributed by atoms with van der Waals surface area (Å²) in [7, 11) is 0. The van der Waals surface area contributed by atoms with E-state index in [-0.39, 0.29) is 23.8 Å². The van der Waals surface area contributed by atoms with Crippen LogP contribution in [0.25, 0.3) is 0 Å². The summed E-state index contributed by atoms with van der Waals surface area (Å²) in [6.45, 7) is 10.4. The Morgan fingerprint density at radius 2 is 1.75 bits per heavy atom. The molecule has 0 aliphatic carbocycles. The maximum atomic E-state index is 12.5. The van der Waals surface area contributed by atoms with Crippen LogP contribution in [-0.2, 0) is 4.79 Å². The monoisotopic (exact) mass is 516 g/mol. The molecule has 32 heavy (non-hydrogen) atoms. The lowest BCUT2D eigenvalue weighted by molar-refractivity contribution is -0.113. The first-order valence-corrected chi connectivity index (χ1v) is 12.4. The maximum Gasteiger partial charge on any atom is 0.234 e. The summed E-state index contributed by atoms with van der Waals surface area (Å²) in [4.78, 5) is 12.5. The van der Waals surface area contributed by atoms with Gasteiger partial charge in [0, 0.05) is 10.5 Å². The number of nitrogens with zero attached hydrogens (tertiary/aromatic N) is 3. The van der Waals surface area contributed by atoms with E-state index in [4.69, 9.17) is 4.74 Å². The lowest BCUT2D eigenvalue weighted by atomic mass is 10.0. The molecule has 1 N–H and O–H groups in total. The second kappa shape index (κ2) is 11.0. The summed E-state index contributed by atoms with van der Waals surface area (Å²) in [5.41, 5.74) is 1.91. The van der Waals surface area contributed by atoms with Gasteiger partial charge in [-0.15, -0.1) is 10.2 Å². The number of amides is 1. The lowest BCUT2D eigenvalue weighted by Crippen LogP contribution is -2.17. The number of hydrogen-bond acceptors (Lipinski definition) is 5. The molecule has 0 saturated heterocycles. The van der Waals surface area contributed by atoms with Gasteiger partial charge in [-0.1, -0.05) is 55.9 Å². The van der Waals surface area contributed by atoms with Crippen LogP contribution in [0.2, 0.25) is 0 Å². The van der Waals surface area contributed by atoms with E-state index in [1.807, 2.05) is 54.0 Å². The van der Waals surface area contributed by atoms with Crippen LogP contribution in [0, 0.1) is 0 Å². The molecule has 170 valence electrons. The Morgan fingerprint density at radius 3 is 2.44 bits per heavy atom. The summed E-state index contributed by atoms with van der Waals surface area (Å²) in [6.07, 6.45) is -0.284. The molecule has 6 nitrogen and oxygen atoms in total. The molecule has 3 aromatic rings. The number of nitrogens with one attached hydrogen (secondary N) is 1. The molecule has 0 spiro atoms. The number of anilines is 1. The van der Waals surface area contributed by atoms with E-state index in [0.717, 1.165) is 27.3 Å². The highest BCUT2D eigenvalue weighted by Gasteiger charge is 2.23. The predicted molar refractivity (Wildman–Crippen MR) is 133 cm³/mol. The van der Waals surface area contributed by atoms with Crippen molar-refractivity contribution in [3.63, 3.8) is 0 Å². The van der Waals surface area contributed by atoms with E-state index in [9.17, 15) is 4.79 Å². The zero-order chi connectivity index (χ0) is 23.3. The van der Waals surface area contributed by atoms with Crippen molar-refractivity contribution in [1.29, 1.82) is 0 Å². The van der Waals surface area contributed by atoms with Gasteiger partial charge >= 0.3 is 0 Å². The first kappa shape index (κ1) is 24.3. The van der Waals surface area contributed by atoms with E-state index >= 15 is 0 Å². The van der Waals surface area contributed by atoms with Gasteiger partial charge in [0.15, 0.2) is 17.1 Å². The van der Waals surface area contributed by atoms with Crippen molar-refractivity contribution in [3.05, 3.63) is 64.4 Å². The van der Waals surface area contributed by atoms with Crippen LogP contribution in [0.15, 0.2) is 58.2 Å². The first-order chi connectivity index (χ1) is 15.3. The summed E-state index contributed by atoms with van der Waals surface area (Å²) in [5.74, 6) is 2.09. The van der Waals surface area contributed by atoms with Crippen molar-refractivity contribution in [2.24, 2.45) is 0 Å². The Morgan fingerprint density at radius 1 is 1.06 bits per heavy atom. The molecule has 3 rings (SSSR count). The Balaban J connectivity index is 1.72. The highest BCUT2D eigenvalue weighted by atomic mass is 79.9. The number of hydrogen-bond donors (Lipinski definition) is 1. The summed E-state index contributed by atoms with van der Waals surface area (Å²) in [6, 6.07) is 15.7. The number of para-hydroxylation sites is 2. The molecule has 1 atom stereocenters. The molecular formula is C24H29BrN4O2S. The van der Waals surface area contributed by atoms with E-state index in [2.05, 4.69) is 65.2 Å². The van der Waals surface area contributed by atoms with Crippen LogP contribution in [0.3, 0.4) is 0 Å². The SMILES string of the molecule is CC(C)c1ccccc1OC(C)c1nnc(SCC(=O)Nc2ccccc2Br)n1C(C)C. The number of thioether (sulfide) groups is 1. The second-order valence-electron chi connectivity index (χ2n) is 8.07. The number of ether oxygens (including phenoxy) is 1. The zero-order valence-electron chi connectivity index (χ0n) is 19.0. The molecule has 1 unspecified atom stereocenters. The molecule has 0 aliphatic heterocycles. The van der Waals surface area contributed by atoms with Crippen molar-refractivity contribution in [3.8, 4) is 5.75 Å². The smallest absolute Gasteiger partial charge is 0.234 e. The highest BCUT2D eigenvalue weighted by molar-refractivity contribution is 9.10. The molecule has 0 radical (unpaired) electrons. The van der Waals surface area contributed by atoms with Crippen LogP contribution in [0.4, 0.5) is 5.69 Å². The number of carbonyl (C=O) groups is 1. The van der Waals surface area contributed by atoms with Crippen molar-refractivity contribution in [2.45, 2.75) is 57.8 Å². The summed E-state index contributed by atoms with van der Waals surface area (Å²) < 4.78 is 9.18. The van der Waals surface area contributed by atoms with Gasteiger partial charge in [0.05, 0.1) is 11.4 Å². The fourth-order valence-electron chi connectivity index (χ4n) is 3.34. The normalized spacial score (nSPS) is 12.2. The molecule has 0 fully saturated rings. The number of aromatic nitrogens is 3. The fraction of sp³-hybridized carbons (Fsp3) is 0.375. The third-order valence-electron chi connectivity index (χ3n) is 4.90. The average molecular weight is 517 g/mol. The fourth-order valence-corrected chi connectivity index (χ4v) is 4.59. The standard InChI is InChI=1S/C24H29BrN4O2S/c1-15(2)18-10-6-9-13-21(18)31-17(5)23-27-28-24(29(23)16(3)4)32-14-22(30)26-20-12-8-7-11-19(20)25/h6-13,15-17H,14H2,1-5H3,(H,26,30). The molecular weight excluding hydrogens is 488 g/mol. The Labute approximate surface area is 202 Å². The second-order valence-corrected chi connectivity index (χ2v) is 9.87. The quantitative estimate of drug-likeness (QED) is 0.323. The van der Waals surface area contributed by atoms with Crippen molar-refractivity contribution in [1.82, 2.24) is 14.8 Å². The number of benzene rings is 2. The van der Waals surface area contributed by atoms with Gasteiger partial charge in [-0.3, -0.25) is 4.79 Å². The van der Waals surface area contributed by atoms with Gasteiger partial charge in [0.2, 0.25) is 5.91 Å². The molecule has 2 aromatic carbocycles. The van der Waals surface area contributed by atoms with Gasteiger partial charge in [-0.2, -0.15) is 0 Å². The van der Waals surface area contributed by atoms with E-state index < -0.39 is 0 Å². The summed E-state index contributed by atoms with van der Waals surface area (Å²) >= 11 is 4.82. The molecule has 1 heterocycles. The first-order valence-electron chi connectivity index (χ1n) is 10.7. The number of carbonyl (C=O) groups excluding carboxylic acids is 1. The van der Waals surface area contributed by atoms with Crippen LogP contribution < -0.4 is 10.1 Å². The van der Waals surface area contributed by atoms with Crippen LogP contribution in [-0.4, -0.2) is 26.4 Å². The molecule has 0 saturated carbocycles. The van der Waals surface area contributed by atoms with E-state index in [1.54, 1.807) is 0 Å². The van der Waals surface area contributed by atoms with Crippen LogP contribution in [0.5, 0.6) is 5.75 Å². The molecule has 0 aliphatic rings. The third-order valence-corrected chi connectivity index (χ3v) is 6.53. The minimum absolute atomic E-state index is 0.100. The zero-order valence-corrected chi connectivity index (χ0v) is 21.4. The molecule has 1 amide bonds. The van der Waals surface area contributed by atoms with E-state index in [0.29, 0.717) is 11.1 Å². The van der Waals surface area contributed by atoms with Crippen molar-refractivity contribution >= 4 is 39.3 Å². The van der Waals surface area contributed by atoms with Gasteiger partial charge in [-0.25, -0.2) is 0 Å². The lowest BCUT2D eigenvalue weighted by Gasteiger charge is -2.21. The predicted octanol–water partition coefficient (Wildman–Crippen LogP) is 6.62. The molecule has 1 aromatic heterocycles.